The highest BCUT2D eigenvalue weighted by Crippen LogP contribution is 2.39. The molecule has 10 nitrogen and oxygen atoms in total. The van der Waals surface area contributed by atoms with Crippen LogP contribution in [0.4, 0.5) is 11.4 Å². The number of benzene rings is 1. The second-order valence-electron chi connectivity index (χ2n) is 11.0. The molecule has 3 aromatic rings. The number of hydrogen-bond donors (Lipinski definition) is 1. The number of aryl methyl sites for hydroxylation is 1. The van der Waals surface area contributed by atoms with Gasteiger partial charge in [0.1, 0.15) is 18.2 Å². The Bertz CT molecular complexity index is 1480. The first-order valence-corrected chi connectivity index (χ1v) is 14.1. The Morgan fingerprint density at radius 3 is 2.75 bits per heavy atom. The van der Waals surface area contributed by atoms with Crippen LogP contribution in [0.5, 0.6) is 5.88 Å². The summed E-state index contributed by atoms with van der Waals surface area (Å²) in [5.74, 6) is 0.363. The highest BCUT2D eigenvalue weighted by molar-refractivity contribution is 5.93. The molecule has 0 saturated carbocycles. The number of H-pyrrole nitrogens is 1. The second kappa shape index (κ2) is 10.8. The van der Waals surface area contributed by atoms with Gasteiger partial charge in [0.25, 0.3) is 0 Å². The monoisotopic (exact) mass is 540 g/mol. The van der Waals surface area contributed by atoms with Gasteiger partial charge in [-0.05, 0) is 57.5 Å². The van der Waals surface area contributed by atoms with Gasteiger partial charge in [-0.15, -0.1) is 0 Å². The molecule has 2 fully saturated rings. The minimum atomic E-state index is -0.0546. The number of likely N-dealkylation sites (tertiary alicyclic amines) is 1. The molecular formula is C30H36N8O2. The van der Waals surface area contributed by atoms with E-state index in [4.69, 9.17) is 9.72 Å². The SMILES string of the molecule is C=CC(=O)N1CCN(c2c(C#N)c(OC[C@@H]3CCCN3C)nc3c2CCN(c2c(C)ccc4[nH]ncc24)C3)CC1. The first-order valence-electron chi connectivity index (χ1n) is 14.1. The van der Waals surface area contributed by atoms with Crippen LogP contribution in [0.2, 0.25) is 0 Å². The molecule has 6 rings (SSSR count). The summed E-state index contributed by atoms with van der Waals surface area (Å²) in [5.41, 5.74) is 6.84. The third-order valence-corrected chi connectivity index (χ3v) is 8.69. The van der Waals surface area contributed by atoms with E-state index in [0.29, 0.717) is 56.8 Å². The molecule has 40 heavy (non-hydrogen) atoms. The Kier molecular flexibility index (Phi) is 7.07. The van der Waals surface area contributed by atoms with Crippen LogP contribution in [-0.2, 0) is 17.8 Å². The van der Waals surface area contributed by atoms with E-state index in [-0.39, 0.29) is 5.91 Å². The summed E-state index contributed by atoms with van der Waals surface area (Å²) < 4.78 is 6.37. The Morgan fingerprint density at radius 2 is 2.02 bits per heavy atom. The number of ether oxygens (including phenoxy) is 1. The number of nitriles is 1. The predicted molar refractivity (Wildman–Crippen MR) is 155 cm³/mol. The van der Waals surface area contributed by atoms with Crippen molar-refractivity contribution < 1.29 is 9.53 Å². The first kappa shape index (κ1) is 26.1. The number of carbonyl (C=O) groups is 1. The molecule has 0 aliphatic carbocycles. The van der Waals surface area contributed by atoms with Gasteiger partial charge in [0.15, 0.2) is 0 Å². The van der Waals surface area contributed by atoms with E-state index in [0.717, 1.165) is 65.9 Å². The van der Waals surface area contributed by atoms with Crippen molar-refractivity contribution in [2.45, 2.75) is 38.8 Å². The number of hydrogen-bond acceptors (Lipinski definition) is 8. The zero-order valence-corrected chi connectivity index (χ0v) is 23.3. The van der Waals surface area contributed by atoms with Crippen LogP contribution in [0.3, 0.4) is 0 Å². The summed E-state index contributed by atoms with van der Waals surface area (Å²) in [6.07, 6.45) is 6.25. The molecule has 3 aliphatic heterocycles. The summed E-state index contributed by atoms with van der Waals surface area (Å²) in [4.78, 5) is 26.0. The Balaban J connectivity index is 1.37. The number of rotatable bonds is 6. The normalized spacial score (nSPS) is 19.5. The Labute approximate surface area is 234 Å². The lowest BCUT2D eigenvalue weighted by Gasteiger charge is -2.39. The maximum absolute atomic E-state index is 12.2. The number of carbonyl (C=O) groups excluding carboxylic acids is 1. The van der Waals surface area contributed by atoms with Gasteiger partial charge in [-0.25, -0.2) is 4.98 Å². The molecule has 2 saturated heterocycles. The number of nitrogens with zero attached hydrogens (tertiary/aromatic N) is 7. The quantitative estimate of drug-likeness (QED) is 0.476. The van der Waals surface area contributed by atoms with Crippen molar-refractivity contribution in [3.63, 3.8) is 0 Å². The summed E-state index contributed by atoms with van der Waals surface area (Å²) in [6, 6.07) is 6.96. The number of pyridine rings is 1. The van der Waals surface area contributed by atoms with Gasteiger partial charge < -0.3 is 24.3 Å². The van der Waals surface area contributed by atoms with Crippen LogP contribution in [-0.4, -0.2) is 89.9 Å². The maximum Gasteiger partial charge on any atom is 0.246 e. The largest absolute Gasteiger partial charge is 0.475 e. The number of amides is 1. The fraction of sp³-hybridized carbons (Fsp3) is 0.467. The topological polar surface area (TPSA) is 105 Å². The lowest BCUT2D eigenvalue weighted by molar-refractivity contribution is -0.126. The van der Waals surface area contributed by atoms with Crippen LogP contribution in [0.1, 0.15) is 35.2 Å². The summed E-state index contributed by atoms with van der Waals surface area (Å²) in [5, 5.41) is 18.9. The van der Waals surface area contributed by atoms with Gasteiger partial charge >= 0.3 is 0 Å². The maximum atomic E-state index is 12.2. The molecule has 0 unspecified atom stereocenters. The van der Waals surface area contributed by atoms with Crippen molar-refractivity contribution in [3.05, 3.63) is 53.4 Å². The Morgan fingerprint density at radius 1 is 1.20 bits per heavy atom. The lowest BCUT2D eigenvalue weighted by atomic mass is 9.97. The van der Waals surface area contributed by atoms with Gasteiger partial charge in [0, 0.05) is 49.7 Å². The van der Waals surface area contributed by atoms with Crippen LogP contribution in [0.25, 0.3) is 10.9 Å². The number of aromatic amines is 1. The van der Waals surface area contributed by atoms with E-state index in [1.165, 1.54) is 11.6 Å². The van der Waals surface area contributed by atoms with Crippen LogP contribution in [0, 0.1) is 18.3 Å². The van der Waals surface area contributed by atoms with Crippen molar-refractivity contribution in [2.75, 3.05) is 62.7 Å². The third-order valence-electron chi connectivity index (χ3n) is 8.69. The summed E-state index contributed by atoms with van der Waals surface area (Å²) in [6.45, 7) is 11.2. The lowest BCUT2D eigenvalue weighted by Crippen LogP contribution is -2.49. The summed E-state index contributed by atoms with van der Waals surface area (Å²) in [7, 11) is 2.12. The minimum absolute atomic E-state index is 0.0546. The molecule has 5 heterocycles. The van der Waals surface area contributed by atoms with E-state index in [9.17, 15) is 10.1 Å². The Hall–Kier alpha value is -4.10. The van der Waals surface area contributed by atoms with Gasteiger partial charge in [0.05, 0.1) is 35.3 Å². The zero-order chi connectivity index (χ0) is 27.8. The fourth-order valence-electron chi connectivity index (χ4n) is 6.46. The van der Waals surface area contributed by atoms with Crippen LogP contribution >= 0.6 is 0 Å². The number of anilines is 2. The van der Waals surface area contributed by atoms with E-state index in [1.54, 1.807) is 0 Å². The van der Waals surface area contributed by atoms with Crippen LogP contribution in [0.15, 0.2) is 31.0 Å². The zero-order valence-electron chi connectivity index (χ0n) is 23.3. The first-order chi connectivity index (χ1) is 19.5. The molecule has 0 bridgehead atoms. The highest BCUT2D eigenvalue weighted by Gasteiger charge is 2.32. The van der Waals surface area contributed by atoms with Gasteiger partial charge in [0.2, 0.25) is 11.8 Å². The van der Waals surface area contributed by atoms with Gasteiger partial charge in [-0.3, -0.25) is 9.89 Å². The van der Waals surface area contributed by atoms with Gasteiger partial charge in [-0.1, -0.05) is 12.6 Å². The molecular weight excluding hydrogens is 504 g/mol. The van der Waals surface area contributed by atoms with Crippen molar-refractivity contribution in [2.24, 2.45) is 0 Å². The second-order valence-corrected chi connectivity index (χ2v) is 11.0. The van der Waals surface area contributed by atoms with Crippen molar-refractivity contribution in [1.29, 1.82) is 5.26 Å². The van der Waals surface area contributed by atoms with Gasteiger partial charge in [-0.2, -0.15) is 10.4 Å². The molecule has 1 amide bonds. The number of aromatic nitrogens is 3. The number of likely N-dealkylation sites (N-methyl/N-ethyl adjacent to an activating group) is 1. The molecule has 3 aliphatic rings. The molecule has 208 valence electrons. The average molecular weight is 541 g/mol. The average Bonchev–Trinajstić information content (AvgIpc) is 3.63. The molecule has 1 atom stereocenters. The summed E-state index contributed by atoms with van der Waals surface area (Å²) >= 11 is 0. The third kappa shape index (κ3) is 4.64. The standard InChI is InChI=1S/C30H36N8O2/c1-4-27(39)36-12-14-37(15-13-36)29-22-9-11-38(28-20(2)7-8-25-24(28)17-32-34-25)18-26(22)33-30(23(29)16-31)40-19-21-6-5-10-35(21)3/h4,7-8,17,21H,1,5-6,9-15,18-19H2,2-3H3,(H,32,34)/t21-/m0/s1. The smallest absolute Gasteiger partial charge is 0.246 e. The number of nitrogens with one attached hydrogen (secondary N) is 1. The predicted octanol–water partition coefficient (Wildman–Crippen LogP) is 3.01. The van der Waals surface area contributed by atoms with Crippen molar-refractivity contribution >= 4 is 28.2 Å². The molecule has 0 spiro atoms. The molecule has 0 radical (unpaired) electrons. The molecule has 2 aromatic heterocycles. The van der Waals surface area contributed by atoms with E-state index < -0.39 is 0 Å². The molecule has 10 heteroatoms. The molecule has 1 aromatic carbocycles. The van der Waals surface area contributed by atoms with E-state index in [2.05, 4.69) is 63.6 Å². The van der Waals surface area contributed by atoms with Crippen molar-refractivity contribution in [1.82, 2.24) is 25.0 Å². The van der Waals surface area contributed by atoms with E-state index >= 15 is 0 Å². The van der Waals surface area contributed by atoms with Crippen molar-refractivity contribution in [3.8, 4) is 11.9 Å². The van der Waals surface area contributed by atoms with Crippen LogP contribution < -0.4 is 14.5 Å². The minimum Gasteiger partial charge on any atom is -0.475 e. The fourth-order valence-corrected chi connectivity index (χ4v) is 6.46. The van der Waals surface area contributed by atoms with E-state index in [1.807, 2.05) is 11.1 Å². The highest BCUT2D eigenvalue weighted by atomic mass is 16.5. The molecule has 1 N–H and O–H groups in total. The number of fused-ring (bicyclic) bond motifs is 2. The number of piperazine rings is 1.